The van der Waals surface area contributed by atoms with Gasteiger partial charge in [0.05, 0.1) is 11.4 Å². The van der Waals surface area contributed by atoms with E-state index in [1.165, 1.54) is 12.1 Å². The predicted octanol–water partition coefficient (Wildman–Crippen LogP) is 1.59. The molecule has 0 atom stereocenters. The van der Waals surface area contributed by atoms with Crippen LogP contribution >= 0.6 is 22.6 Å². The number of hydrogen-bond donors (Lipinski definition) is 2. The Morgan fingerprint density at radius 3 is 2.40 bits per heavy atom. The van der Waals surface area contributed by atoms with Crippen LogP contribution in [0.5, 0.6) is 0 Å². The third-order valence-corrected chi connectivity index (χ3v) is 2.02. The van der Waals surface area contributed by atoms with Crippen LogP contribution in [0.15, 0.2) is 12.1 Å². The Balaban J connectivity index is 3.31. The number of anilines is 2. The van der Waals surface area contributed by atoms with Gasteiger partial charge in [-0.1, -0.05) is 0 Å². The number of nitrogens with two attached hydrogens (primary N) is 2. The third-order valence-electron chi connectivity index (χ3n) is 1.13. The molecule has 0 saturated heterocycles. The second kappa shape index (κ2) is 2.61. The summed E-state index contributed by atoms with van der Waals surface area (Å²) in [5, 5.41) is 0. The SMILES string of the molecule is Nc1cc(F)cc(I)c1N. The Morgan fingerprint density at radius 2 is 1.90 bits per heavy atom. The van der Waals surface area contributed by atoms with E-state index in [4.69, 9.17) is 11.5 Å². The first-order valence-corrected chi connectivity index (χ1v) is 3.69. The van der Waals surface area contributed by atoms with Crippen molar-refractivity contribution >= 4 is 34.0 Å². The molecule has 0 fully saturated rings. The first kappa shape index (κ1) is 7.59. The molecule has 4 heteroatoms. The zero-order valence-corrected chi connectivity index (χ0v) is 7.22. The van der Waals surface area contributed by atoms with Gasteiger partial charge in [-0.25, -0.2) is 4.39 Å². The van der Waals surface area contributed by atoms with Gasteiger partial charge in [-0.05, 0) is 34.7 Å². The molecular weight excluding hydrogens is 246 g/mol. The Labute approximate surface area is 71.5 Å². The number of rotatable bonds is 0. The van der Waals surface area contributed by atoms with E-state index in [1.807, 2.05) is 22.6 Å². The lowest BCUT2D eigenvalue weighted by atomic mass is 10.3. The van der Waals surface area contributed by atoms with Crippen molar-refractivity contribution < 1.29 is 4.39 Å². The fourth-order valence-corrected chi connectivity index (χ4v) is 1.21. The summed E-state index contributed by atoms with van der Waals surface area (Å²) >= 11 is 1.93. The Kier molecular flexibility index (Phi) is 1.98. The summed E-state index contributed by atoms with van der Waals surface area (Å²) in [6, 6.07) is 2.55. The van der Waals surface area contributed by atoms with E-state index in [2.05, 4.69) is 0 Å². The van der Waals surface area contributed by atoms with E-state index >= 15 is 0 Å². The molecule has 0 bridgehead atoms. The van der Waals surface area contributed by atoms with Gasteiger partial charge in [0, 0.05) is 3.57 Å². The van der Waals surface area contributed by atoms with Crippen LogP contribution in [0.25, 0.3) is 0 Å². The second-order valence-electron chi connectivity index (χ2n) is 1.89. The molecule has 0 aliphatic heterocycles. The van der Waals surface area contributed by atoms with Crippen molar-refractivity contribution in [2.24, 2.45) is 0 Å². The summed E-state index contributed by atoms with van der Waals surface area (Å²) in [5.74, 6) is -0.351. The molecule has 0 unspecified atom stereocenters. The third kappa shape index (κ3) is 1.31. The molecule has 1 aromatic rings. The van der Waals surface area contributed by atoms with Gasteiger partial charge in [0.1, 0.15) is 5.82 Å². The Hall–Kier alpha value is -0.520. The van der Waals surface area contributed by atoms with Crippen molar-refractivity contribution in [1.29, 1.82) is 0 Å². The number of halogens is 2. The lowest BCUT2D eigenvalue weighted by molar-refractivity contribution is 0.628. The number of hydrogen-bond acceptors (Lipinski definition) is 2. The molecule has 0 aliphatic carbocycles. The van der Waals surface area contributed by atoms with E-state index < -0.39 is 0 Å². The lowest BCUT2D eigenvalue weighted by Gasteiger charge is -2.01. The van der Waals surface area contributed by atoms with Crippen LogP contribution in [0.2, 0.25) is 0 Å². The maximum Gasteiger partial charge on any atom is 0.126 e. The molecule has 0 amide bonds. The molecule has 2 nitrogen and oxygen atoms in total. The van der Waals surface area contributed by atoms with Crippen LogP contribution in [-0.4, -0.2) is 0 Å². The number of nitrogen functional groups attached to an aromatic ring is 2. The zero-order valence-electron chi connectivity index (χ0n) is 5.07. The fraction of sp³-hybridized carbons (Fsp3) is 0. The quantitative estimate of drug-likeness (QED) is 0.544. The van der Waals surface area contributed by atoms with Crippen molar-refractivity contribution in [3.8, 4) is 0 Å². The molecule has 54 valence electrons. The zero-order chi connectivity index (χ0) is 7.72. The highest BCUT2D eigenvalue weighted by atomic mass is 127. The molecule has 0 aromatic heterocycles. The summed E-state index contributed by atoms with van der Waals surface area (Å²) in [6.07, 6.45) is 0. The Bertz CT molecular complexity index is 239. The predicted molar refractivity (Wildman–Crippen MR) is 47.9 cm³/mol. The number of benzene rings is 1. The van der Waals surface area contributed by atoms with Crippen LogP contribution < -0.4 is 11.5 Å². The van der Waals surface area contributed by atoms with Crippen LogP contribution in [0.1, 0.15) is 0 Å². The minimum absolute atomic E-state index is 0.296. The molecule has 1 rings (SSSR count). The fourth-order valence-electron chi connectivity index (χ4n) is 0.605. The average molecular weight is 252 g/mol. The highest BCUT2D eigenvalue weighted by Gasteiger charge is 2.01. The molecular formula is C6H6FIN2. The van der Waals surface area contributed by atoms with Crippen LogP contribution in [0.3, 0.4) is 0 Å². The summed E-state index contributed by atoms with van der Waals surface area (Å²) in [5.41, 5.74) is 11.5. The van der Waals surface area contributed by atoms with E-state index in [9.17, 15) is 4.39 Å². The lowest BCUT2D eigenvalue weighted by Crippen LogP contribution is -1.97. The largest absolute Gasteiger partial charge is 0.397 e. The van der Waals surface area contributed by atoms with Gasteiger partial charge in [0.15, 0.2) is 0 Å². The van der Waals surface area contributed by atoms with E-state index in [1.54, 1.807) is 0 Å². The van der Waals surface area contributed by atoms with Crippen molar-refractivity contribution in [3.63, 3.8) is 0 Å². The minimum Gasteiger partial charge on any atom is -0.397 e. The second-order valence-corrected chi connectivity index (χ2v) is 3.05. The molecule has 1 aromatic carbocycles. The molecule has 10 heavy (non-hydrogen) atoms. The van der Waals surface area contributed by atoms with Crippen LogP contribution in [0.4, 0.5) is 15.8 Å². The first-order valence-electron chi connectivity index (χ1n) is 2.61. The molecule has 0 saturated carbocycles. The van der Waals surface area contributed by atoms with Gasteiger partial charge >= 0.3 is 0 Å². The van der Waals surface area contributed by atoms with Crippen molar-refractivity contribution in [2.75, 3.05) is 11.5 Å². The van der Waals surface area contributed by atoms with Gasteiger partial charge < -0.3 is 11.5 Å². The topological polar surface area (TPSA) is 52.0 Å². The maximum absolute atomic E-state index is 12.5. The van der Waals surface area contributed by atoms with Crippen molar-refractivity contribution in [2.45, 2.75) is 0 Å². The molecule has 0 aliphatic rings. The highest BCUT2D eigenvalue weighted by Crippen LogP contribution is 2.22. The van der Waals surface area contributed by atoms with E-state index in [-0.39, 0.29) is 5.82 Å². The van der Waals surface area contributed by atoms with Gasteiger partial charge in [0.2, 0.25) is 0 Å². The standard InChI is InChI=1S/C6H6FIN2/c7-3-1-4(8)6(10)5(9)2-3/h1-2H,9-10H2. The van der Waals surface area contributed by atoms with Gasteiger partial charge in [-0.15, -0.1) is 0 Å². The molecule has 4 N–H and O–H groups in total. The van der Waals surface area contributed by atoms with Gasteiger partial charge in [-0.2, -0.15) is 0 Å². The summed E-state index contributed by atoms with van der Waals surface area (Å²) in [4.78, 5) is 0. The van der Waals surface area contributed by atoms with Crippen molar-refractivity contribution in [3.05, 3.63) is 21.5 Å². The minimum atomic E-state index is -0.351. The van der Waals surface area contributed by atoms with Crippen molar-refractivity contribution in [1.82, 2.24) is 0 Å². The first-order chi connectivity index (χ1) is 4.61. The monoisotopic (exact) mass is 252 g/mol. The molecule has 0 radical (unpaired) electrons. The van der Waals surface area contributed by atoms with Crippen LogP contribution in [0, 0.1) is 9.39 Å². The summed E-state index contributed by atoms with van der Waals surface area (Å²) in [6.45, 7) is 0. The van der Waals surface area contributed by atoms with E-state index in [0.29, 0.717) is 14.9 Å². The molecule has 0 heterocycles. The van der Waals surface area contributed by atoms with Gasteiger partial charge in [-0.3, -0.25) is 0 Å². The maximum atomic E-state index is 12.5. The van der Waals surface area contributed by atoms with Gasteiger partial charge in [0.25, 0.3) is 0 Å². The summed E-state index contributed by atoms with van der Waals surface area (Å²) in [7, 11) is 0. The highest BCUT2D eigenvalue weighted by molar-refractivity contribution is 14.1. The average Bonchev–Trinajstić information content (AvgIpc) is 1.82. The van der Waals surface area contributed by atoms with E-state index in [0.717, 1.165) is 0 Å². The normalized spacial score (nSPS) is 9.80. The van der Waals surface area contributed by atoms with Crippen LogP contribution in [-0.2, 0) is 0 Å². The smallest absolute Gasteiger partial charge is 0.126 e. The Morgan fingerprint density at radius 1 is 1.30 bits per heavy atom. The summed E-state index contributed by atoms with van der Waals surface area (Å²) < 4.78 is 13.1. The molecule has 0 spiro atoms.